The van der Waals surface area contributed by atoms with Crippen LogP contribution >= 0.6 is 7.60 Å². The van der Waals surface area contributed by atoms with Crippen molar-refractivity contribution in [2.75, 3.05) is 13.2 Å². The fraction of sp³-hybridized carbons (Fsp3) is 0.417. The van der Waals surface area contributed by atoms with Gasteiger partial charge in [0.2, 0.25) is 0 Å². The molecule has 19 heavy (non-hydrogen) atoms. The molecule has 0 radical (unpaired) electrons. The highest BCUT2D eigenvalue weighted by Crippen LogP contribution is 2.49. The van der Waals surface area contributed by atoms with Crippen LogP contribution in [0.15, 0.2) is 33.5 Å². The Hall–Kier alpha value is -1.36. The molecule has 0 bridgehead atoms. The molecule has 0 amide bonds. The standard InChI is InChI=1S/C12H16NO5P/c1-3-16-19(15,17-4-2)9-13-10-7-5-6-8-11(10)18-12(13)14/h5-8H,3-4,9H2,1-2H3. The topological polar surface area (TPSA) is 70.7 Å². The Labute approximate surface area is 110 Å². The number of hydrogen-bond acceptors (Lipinski definition) is 5. The molecule has 6 nitrogen and oxygen atoms in total. The first-order chi connectivity index (χ1) is 9.09. The van der Waals surface area contributed by atoms with E-state index in [9.17, 15) is 9.36 Å². The van der Waals surface area contributed by atoms with E-state index < -0.39 is 13.4 Å². The van der Waals surface area contributed by atoms with E-state index >= 15 is 0 Å². The van der Waals surface area contributed by atoms with Gasteiger partial charge in [-0.25, -0.2) is 4.79 Å². The van der Waals surface area contributed by atoms with Gasteiger partial charge in [-0.1, -0.05) is 12.1 Å². The molecule has 7 heteroatoms. The van der Waals surface area contributed by atoms with Crippen molar-refractivity contribution >= 4 is 18.7 Å². The van der Waals surface area contributed by atoms with Crippen LogP contribution in [0.2, 0.25) is 0 Å². The molecule has 1 aromatic carbocycles. The zero-order valence-electron chi connectivity index (χ0n) is 10.9. The molecule has 0 aliphatic heterocycles. The highest BCUT2D eigenvalue weighted by Gasteiger charge is 2.26. The monoisotopic (exact) mass is 285 g/mol. The fourth-order valence-electron chi connectivity index (χ4n) is 1.83. The van der Waals surface area contributed by atoms with Gasteiger partial charge in [0.05, 0.1) is 18.7 Å². The molecular weight excluding hydrogens is 269 g/mol. The number of aromatic nitrogens is 1. The molecule has 0 spiro atoms. The van der Waals surface area contributed by atoms with Crippen molar-refractivity contribution in [2.45, 2.75) is 20.1 Å². The minimum atomic E-state index is -3.34. The summed E-state index contributed by atoms with van der Waals surface area (Å²) in [5.74, 6) is -0.569. The summed E-state index contributed by atoms with van der Waals surface area (Å²) in [7, 11) is -3.34. The second-order valence-corrected chi connectivity index (χ2v) is 5.87. The van der Waals surface area contributed by atoms with E-state index in [1.165, 1.54) is 4.57 Å². The van der Waals surface area contributed by atoms with Crippen LogP contribution in [-0.4, -0.2) is 17.8 Å². The average Bonchev–Trinajstić information content (AvgIpc) is 2.67. The van der Waals surface area contributed by atoms with E-state index in [4.69, 9.17) is 13.5 Å². The summed E-state index contributed by atoms with van der Waals surface area (Å²) in [5.41, 5.74) is 1.03. The van der Waals surface area contributed by atoms with Crippen molar-refractivity contribution in [1.82, 2.24) is 4.57 Å². The Morgan fingerprint density at radius 2 is 1.84 bits per heavy atom. The van der Waals surface area contributed by atoms with E-state index in [-0.39, 0.29) is 19.5 Å². The molecule has 0 atom stereocenters. The molecule has 0 aliphatic carbocycles. The number of nitrogens with zero attached hydrogens (tertiary/aromatic N) is 1. The van der Waals surface area contributed by atoms with Crippen LogP contribution in [-0.2, 0) is 19.9 Å². The first-order valence-corrected chi connectivity index (χ1v) is 7.79. The smallest absolute Gasteiger partial charge is 0.408 e. The van der Waals surface area contributed by atoms with E-state index in [2.05, 4.69) is 0 Å². The van der Waals surface area contributed by atoms with E-state index in [0.29, 0.717) is 11.1 Å². The lowest BCUT2D eigenvalue weighted by molar-refractivity contribution is 0.214. The molecule has 0 fully saturated rings. The van der Waals surface area contributed by atoms with Crippen molar-refractivity contribution in [2.24, 2.45) is 0 Å². The maximum absolute atomic E-state index is 12.4. The van der Waals surface area contributed by atoms with Crippen molar-refractivity contribution < 1.29 is 18.0 Å². The van der Waals surface area contributed by atoms with E-state index in [1.807, 2.05) is 0 Å². The SMILES string of the molecule is CCOP(=O)(Cn1c(=O)oc2ccccc21)OCC. The van der Waals surface area contributed by atoms with Crippen molar-refractivity contribution in [3.8, 4) is 0 Å². The molecule has 0 N–H and O–H groups in total. The first kappa shape index (κ1) is 14.1. The first-order valence-electron chi connectivity index (χ1n) is 6.06. The van der Waals surface area contributed by atoms with Gasteiger partial charge in [0, 0.05) is 0 Å². The van der Waals surface area contributed by atoms with Crippen molar-refractivity contribution in [3.05, 3.63) is 34.8 Å². The quantitative estimate of drug-likeness (QED) is 0.763. The summed E-state index contributed by atoms with van der Waals surface area (Å²) in [6, 6.07) is 6.95. The van der Waals surface area contributed by atoms with Gasteiger partial charge in [-0.15, -0.1) is 0 Å². The molecule has 0 unspecified atom stereocenters. The van der Waals surface area contributed by atoms with Gasteiger partial charge in [0.25, 0.3) is 0 Å². The highest BCUT2D eigenvalue weighted by molar-refractivity contribution is 7.52. The Kier molecular flexibility index (Phi) is 4.24. The number of oxazole rings is 1. The number of hydrogen-bond donors (Lipinski definition) is 0. The lowest BCUT2D eigenvalue weighted by Gasteiger charge is -2.16. The minimum Gasteiger partial charge on any atom is -0.408 e. The molecule has 0 saturated carbocycles. The Bertz CT molecular complexity index is 649. The number of rotatable bonds is 6. The van der Waals surface area contributed by atoms with Crippen LogP contribution in [0, 0.1) is 0 Å². The van der Waals surface area contributed by atoms with Gasteiger partial charge in [-0.05, 0) is 26.0 Å². The highest BCUT2D eigenvalue weighted by atomic mass is 31.2. The second-order valence-electron chi connectivity index (χ2n) is 3.85. The van der Waals surface area contributed by atoms with Crippen LogP contribution in [0.4, 0.5) is 0 Å². The second kappa shape index (κ2) is 5.74. The number of para-hydroxylation sites is 2. The molecule has 0 aliphatic rings. The Morgan fingerprint density at radius 1 is 1.21 bits per heavy atom. The van der Waals surface area contributed by atoms with Gasteiger partial charge in [-0.2, -0.15) is 0 Å². The molecular formula is C12H16NO5P. The maximum Gasteiger partial charge on any atom is 0.420 e. The summed E-state index contributed by atoms with van der Waals surface area (Å²) in [6.45, 7) is 3.95. The van der Waals surface area contributed by atoms with Crippen LogP contribution in [0.25, 0.3) is 11.1 Å². The zero-order valence-corrected chi connectivity index (χ0v) is 11.8. The third kappa shape index (κ3) is 2.97. The predicted octanol–water partition coefficient (Wildman–Crippen LogP) is 2.82. The van der Waals surface area contributed by atoms with Gasteiger partial charge in [0.1, 0.15) is 6.29 Å². The Balaban J connectivity index is 2.42. The Morgan fingerprint density at radius 3 is 2.47 bits per heavy atom. The maximum atomic E-state index is 12.4. The van der Waals surface area contributed by atoms with Crippen LogP contribution < -0.4 is 5.76 Å². The molecule has 2 aromatic rings. The van der Waals surface area contributed by atoms with Gasteiger partial charge >= 0.3 is 13.4 Å². The predicted molar refractivity (Wildman–Crippen MR) is 71.3 cm³/mol. The molecule has 2 rings (SSSR count). The molecule has 104 valence electrons. The third-order valence-electron chi connectivity index (χ3n) is 2.54. The normalized spacial score (nSPS) is 12.1. The van der Waals surface area contributed by atoms with Gasteiger partial charge in [0.15, 0.2) is 5.58 Å². The number of benzene rings is 1. The lowest BCUT2D eigenvalue weighted by atomic mass is 10.3. The van der Waals surface area contributed by atoms with Gasteiger partial charge in [-0.3, -0.25) is 9.13 Å². The summed E-state index contributed by atoms with van der Waals surface area (Å²) in [6.07, 6.45) is -0.148. The van der Waals surface area contributed by atoms with Crippen molar-refractivity contribution in [3.63, 3.8) is 0 Å². The lowest BCUT2D eigenvalue weighted by Crippen LogP contribution is -2.16. The summed E-state index contributed by atoms with van der Waals surface area (Å²) in [4.78, 5) is 11.8. The zero-order chi connectivity index (χ0) is 13.9. The van der Waals surface area contributed by atoms with E-state index in [1.54, 1.807) is 38.1 Å². The molecule has 1 aromatic heterocycles. The number of fused-ring (bicyclic) bond motifs is 1. The molecule has 1 heterocycles. The largest absolute Gasteiger partial charge is 0.420 e. The third-order valence-corrected chi connectivity index (χ3v) is 4.47. The van der Waals surface area contributed by atoms with Crippen LogP contribution in [0.5, 0.6) is 0 Å². The van der Waals surface area contributed by atoms with Gasteiger partial charge < -0.3 is 13.5 Å². The average molecular weight is 285 g/mol. The summed E-state index contributed by atoms with van der Waals surface area (Å²) in [5, 5.41) is 0. The minimum absolute atomic E-state index is 0.148. The van der Waals surface area contributed by atoms with Crippen LogP contribution in [0.1, 0.15) is 13.8 Å². The summed E-state index contributed by atoms with van der Waals surface area (Å²) < 4.78 is 29.1. The van der Waals surface area contributed by atoms with Crippen molar-refractivity contribution in [1.29, 1.82) is 0 Å². The molecule has 0 saturated heterocycles. The fourth-order valence-corrected chi connectivity index (χ4v) is 3.47. The summed E-state index contributed by atoms with van der Waals surface area (Å²) >= 11 is 0. The van der Waals surface area contributed by atoms with Crippen LogP contribution in [0.3, 0.4) is 0 Å². The van der Waals surface area contributed by atoms with E-state index in [0.717, 1.165) is 0 Å².